The number of para-hydroxylation sites is 1. The van der Waals surface area contributed by atoms with Crippen molar-refractivity contribution in [2.45, 2.75) is 37.8 Å². The molecule has 0 bridgehead atoms. The van der Waals surface area contributed by atoms with Gasteiger partial charge in [-0.2, -0.15) is 0 Å². The molecule has 186 valence electrons. The van der Waals surface area contributed by atoms with Crippen LogP contribution in [0.5, 0.6) is 17.2 Å². The van der Waals surface area contributed by atoms with Gasteiger partial charge in [0.05, 0.1) is 27.4 Å². The second-order valence-corrected chi connectivity index (χ2v) is 9.13. The highest BCUT2D eigenvalue weighted by atomic mass is 16.5. The molecule has 0 amide bonds. The molecule has 3 aromatic rings. The van der Waals surface area contributed by atoms with Gasteiger partial charge < -0.3 is 19.1 Å². The van der Waals surface area contributed by atoms with E-state index in [0.717, 1.165) is 61.9 Å². The van der Waals surface area contributed by atoms with Crippen LogP contribution in [0, 0.1) is 0 Å². The van der Waals surface area contributed by atoms with E-state index in [1.807, 2.05) is 24.3 Å². The molecule has 9 heteroatoms. The number of piperazine rings is 1. The number of nitrogens with zero attached hydrogens (tertiary/aromatic N) is 6. The SMILES string of the molecule is COc1ccc(N2CCN([C@H](c3cccc(OC)c3OC)c3nnnn3C3CCCC3)CC2)cc1. The van der Waals surface area contributed by atoms with E-state index in [4.69, 9.17) is 14.2 Å². The molecule has 0 spiro atoms. The normalized spacial score (nSPS) is 18.0. The molecule has 2 aliphatic rings. The zero-order chi connectivity index (χ0) is 24.2. The summed E-state index contributed by atoms with van der Waals surface area (Å²) >= 11 is 0. The van der Waals surface area contributed by atoms with Crippen LogP contribution in [0.25, 0.3) is 0 Å². The van der Waals surface area contributed by atoms with Crippen LogP contribution in [0.15, 0.2) is 42.5 Å². The third-order valence-corrected chi connectivity index (χ3v) is 7.28. The van der Waals surface area contributed by atoms with Gasteiger partial charge in [0.2, 0.25) is 0 Å². The smallest absolute Gasteiger partial charge is 0.173 e. The van der Waals surface area contributed by atoms with Crippen molar-refractivity contribution < 1.29 is 14.2 Å². The number of methoxy groups -OCH3 is 3. The Morgan fingerprint density at radius 2 is 1.60 bits per heavy atom. The molecule has 35 heavy (non-hydrogen) atoms. The lowest BCUT2D eigenvalue weighted by Crippen LogP contribution is -2.48. The number of ether oxygens (including phenoxy) is 3. The van der Waals surface area contributed by atoms with E-state index >= 15 is 0 Å². The van der Waals surface area contributed by atoms with Gasteiger partial charge in [0.15, 0.2) is 17.3 Å². The first-order valence-electron chi connectivity index (χ1n) is 12.3. The lowest BCUT2D eigenvalue weighted by atomic mass is 10.0. The molecule has 1 aromatic heterocycles. The topological polar surface area (TPSA) is 77.8 Å². The molecule has 0 radical (unpaired) electrons. The largest absolute Gasteiger partial charge is 0.497 e. The number of hydrogen-bond donors (Lipinski definition) is 0. The minimum absolute atomic E-state index is 0.131. The van der Waals surface area contributed by atoms with Crippen LogP contribution >= 0.6 is 0 Å². The van der Waals surface area contributed by atoms with E-state index in [1.54, 1.807) is 21.3 Å². The maximum Gasteiger partial charge on any atom is 0.173 e. The van der Waals surface area contributed by atoms with Gasteiger partial charge in [0.1, 0.15) is 11.8 Å². The van der Waals surface area contributed by atoms with Gasteiger partial charge in [-0.3, -0.25) is 4.90 Å². The molecule has 1 atom stereocenters. The predicted molar refractivity (Wildman–Crippen MR) is 133 cm³/mol. The van der Waals surface area contributed by atoms with Crippen molar-refractivity contribution in [3.8, 4) is 17.2 Å². The van der Waals surface area contributed by atoms with Crippen LogP contribution in [0.3, 0.4) is 0 Å². The van der Waals surface area contributed by atoms with E-state index in [-0.39, 0.29) is 6.04 Å². The molecule has 2 heterocycles. The number of tetrazole rings is 1. The summed E-state index contributed by atoms with van der Waals surface area (Å²) in [5.41, 5.74) is 2.23. The van der Waals surface area contributed by atoms with E-state index < -0.39 is 0 Å². The molecular weight excluding hydrogens is 444 g/mol. The van der Waals surface area contributed by atoms with Gasteiger partial charge in [0.25, 0.3) is 0 Å². The van der Waals surface area contributed by atoms with Crippen LogP contribution in [-0.2, 0) is 0 Å². The Kier molecular flexibility index (Phi) is 7.03. The van der Waals surface area contributed by atoms with Crippen molar-refractivity contribution in [2.24, 2.45) is 0 Å². The molecule has 1 saturated carbocycles. The maximum atomic E-state index is 5.86. The predicted octanol–water partition coefficient (Wildman–Crippen LogP) is 3.73. The average molecular weight is 479 g/mol. The fourth-order valence-electron chi connectivity index (χ4n) is 5.45. The fourth-order valence-corrected chi connectivity index (χ4v) is 5.45. The van der Waals surface area contributed by atoms with Crippen LogP contribution in [0.1, 0.15) is 49.2 Å². The summed E-state index contributed by atoms with van der Waals surface area (Å²) in [5, 5.41) is 13.2. The van der Waals surface area contributed by atoms with Crippen molar-refractivity contribution in [2.75, 3.05) is 52.4 Å². The van der Waals surface area contributed by atoms with E-state index in [0.29, 0.717) is 11.8 Å². The molecule has 1 saturated heterocycles. The van der Waals surface area contributed by atoms with Crippen molar-refractivity contribution in [3.63, 3.8) is 0 Å². The number of anilines is 1. The van der Waals surface area contributed by atoms with E-state index in [2.05, 4.69) is 48.2 Å². The van der Waals surface area contributed by atoms with Gasteiger partial charge in [-0.25, -0.2) is 4.68 Å². The molecule has 5 rings (SSSR count). The average Bonchev–Trinajstić information content (AvgIpc) is 3.62. The van der Waals surface area contributed by atoms with Crippen molar-refractivity contribution in [1.82, 2.24) is 25.1 Å². The Morgan fingerprint density at radius 1 is 0.857 bits per heavy atom. The van der Waals surface area contributed by atoms with Gasteiger partial charge in [0, 0.05) is 37.4 Å². The minimum Gasteiger partial charge on any atom is -0.497 e. The quantitative estimate of drug-likeness (QED) is 0.485. The Balaban J connectivity index is 1.47. The Bertz CT molecular complexity index is 1100. The number of benzene rings is 2. The fraction of sp³-hybridized carbons (Fsp3) is 0.500. The third kappa shape index (κ3) is 4.65. The second-order valence-electron chi connectivity index (χ2n) is 9.13. The van der Waals surface area contributed by atoms with Crippen LogP contribution in [-0.4, -0.2) is 72.6 Å². The lowest BCUT2D eigenvalue weighted by molar-refractivity contribution is 0.193. The highest BCUT2D eigenvalue weighted by molar-refractivity contribution is 5.51. The summed E-state index contributed by atoms with van der Waals surface area (Å²) in [6.07, 6.45) is 4.67. The standard InChI is InChI=1S/C26H34N6O3/c1-33-21-13-11-19(12-14-21)30-15-17-31(18-16-30)24(22-9-6-10-23(34-2)25(22)35-3)26-27-28-29-32(26)20-7-4-5-8-20/h6,9-14,20,24H,4-5,7-8,15-18H2,1-3H3/t24-/m1/s1. The number of hydrogen-bond acceptors (Lipinski definition) is 8. The molecule has 2 aromatic carbocycles. The highest BCUT2D eigenvalue weighted by Crippen LogP contribution is 2.41. The van der Waals surface area contributed by atoms with Gasteiger partial charge in [-0.05, 0) is 53.6 Å². The first kappa shape index (κ1) is 23.4. The maximum absolute atomic E-state index is 5.86. The molecule has 0 N–H and O–H groups in total. The highest BCUT2D eigenvalue weighted by Gasteiger charge is 2.35. The summed E-state index contributed by atoms with van der Waals surface area (Å²) in [4.78, 5) is 4.88. The third-order valence-electron chi connectivity index (χ3n) is 7.28. The summed E-state index contributed by atoms with van der Waals surface area (Å²) in [5.74, 6) is 3.20. The van der Waals surface area contributed by atoms with Gasteiger partial charge >= 0.3 is 0 Å². The molecule has 9 nitrogen and oxygen atoms in total. The lowest BCUT2D eigenvalue weighted by Gasteiger charge is -2.40. The molecule has 1 aliphatic carbocycles. The van der Waals surface area contributed by atoms with Crippen LogP contribution in [0.2, 0.25) is 0 Å². The van der Waals surface area contributed by atoms with E-state index in [1.165, 1.54) is 18.5 Å². The monoisotopic (exact) mass is 478 g/mol. The number of aromatic nitrogens is 4. The van der Waals surface area contributed by atoms with Crippen molar-refractivity contribution in [1.29, 1.82) is 0 Å². The first-order valence-corrected chi connectivity index (χ1v) is 12.3. The Labute approximate surface area is 206 Å². The zero-order valence-corrected chi connectivity index (χ0v) is 20.8. The van der Waals surface area contributed by atoms with Crippen LogP contribution < -0.4 is 19.1 Å². The van der Waals surface area contributed by atoms with Gasteiger partial charge in [-0.15, -0.1) is 5.10 Å². The summed E-state index contributed by atoms with van der Waals surface area (Å²) in [6.45, 7) is 3.55. The molecule has 0 unspecified atom stereocenters. The Morgan fingerprint density at radius 3 is 2.26 bits per heavy atom. The zero-order valence-electron chi connectivity index (χ0n) is 20.8. The molecular formula is C26H34N6O3. The molecule has 1 aliphatic heterocycles. The summed E-state index contributed by atoms with van der Waals surface area (Å²) in [6, 6.07) is 14.5. The number of rotatable bonds is 8. The van der Waals surface area contributed by atoms with Gasteiger partial charge in [-0.1, -0.05) is 25.0 Å². The first-order chi connectivity index (χ1) is 17.2. The summed E-state index contributed by atoms with van der Waals surface area (Å²) in [7, 11) is 5.06. The second kappa shape index (κ2) is 10.5. The van der Waals surface area contributed by atoms with Crippen molar-refractivity contribution >= 4 is 5.69 Å². The summed E-state index contributed by atoms with van der Waals surface area (Å²) < 4.78 is 18.9. The van der Waals surface area contributed by atoms with Crippen LogP contribution in [0.4, 0.5) is 5.69 Å². The molecule has 2 fully saturated rings. The van der Waals surface area contributed by atoms with E-state index in [9.17, 15) is 0 Å². The Hall–Kier alpha value is -3.33. The minimum atomic E-state index is -0.131. The van der Waals surface area contributed by atoms with Crippen molar-refractivity contribution in [3.05, 3.63) is 53.9 Å².